The molecule has 116 valence electrons. The fourth-order valence-electron chi connectivity index (χ4n) is 0.841. The van der Waals surface area contributed by atoms with E-state index in [4.69, 9.17) is 36.4 Å². The number of hydrogen-bond acceptors (Lipinski definition) is 8. The smallest absolute Gasteiger partial charge is 0.320 e. The van der Waals surface area contributed by atoms with Crippen molar-refractivity contribution in [3.63, 3.8) is 0 Å². The molecule has 0 aromatic rings. The molecule has 3 unspecified atom stereocenters. The maximum Gasteiger partial charge on any atom is 0.320 e. The molecule has 0 amide bonds. The molecule has 0 aromatic carbocycles. The lowest BCUT2D eigenvalue weighted by molar-refractivity contribution is -0.138. The molecule has 19 heavy (non-hydrogen) atoms. The van der Waals surface area contributed by atoms with E-state index in [1.165, 1.54) is 0 Å². The molecule has 9 heteroatoms. The van der Waals surface area contributed by atoms with Crippen molar-refractivity contribution < 1.29 is 35.4 Å². The van der Waals surface area contributed by atoms with Crippen molar-refractivity contribution in [2.24, 2.45) is 5.73 Å². The highest BCUT2D eigenvalue weighted by atomic mass is 32.2. The van der Waals surface area contributed by atoms with Crippen molar-refractivity contribution in [1.82, 2.24) is 0 Å². The number of aliphatic hydroxyl groups is 5. The fraction of sp³-hybridized carbons (Fsp3) is 0.900. The van der Waals surface area contributed by atoms with Gasteiger partial charge in [0, 0.05) is 0 Å². The van der Waals surface area contributed by atoms with Crippen LogP contribution in [0.25, 0.3) is 0 Å². The van der Waals surface area contributed by atoms with E-state index in [1.54, 1.807) is 11.8 Å². The zero-order chi connectivity index (χ0) is 15.4. The van der Waals surface area contributed by atoms with Crippen molar-refractivity contribution in [2.75, 3.05) is 25.2 Å². The Bertz CT molecular complexity index is 222. The van der Waals surface area contributed by atoms with Crippen molar-refractivity contribution in [3.05, 3.63) is 0 Å². The maximum atomic E-state index is 10.1. The van der Waals surface area contributed by atoms with Gasteiger partial charge in [-0.1, -0.05) is 0 Å². The third-order valence-corrected chi connectivity index (χ3v) is 2.76. The lowest BCUT2D eigenvalue weighted by Gasteiger charge is -2.19. The van der Waals surface area contributed by atoms with Crippen LogP contribution in [0.5, 0.6) is 0 Å². The first-order chi connectivity index (χ1) is 8.81. The van der Waals surface area contributed by atoms with Gasteiger partial charge in [0.05, 0.1) is 13.2 Å². The van der Waals surface area contributed by atoms with E-state index in [9.17, 15) is 4.79 Å². The van der Waals surface area contributed by atoms with Gasteiger partial charge in [-0.05, 0) is 18.4 Å². The van der Waals surface area contributed by atoms with Crippen molar-refractivity contribution >= 4 is 17.7 Å². The Morgan fingerprint density at radius 3 is 1.84 bits per heavy atom. The Morgan fingerprint density at radius 1 is 1.16 bits per heavy atom. The monoisotopic (exact) mass is 301 g/mol. The molecule has 0 bridgehead atoms. The highest BCUT2D eigenvalue weighted by Gasteiger charge is 2.22. The molecule has 0 fully saturated rings. The van der Waals surface area contributed by atoms with Crippen LogP contribution in [0.2, 0.25) is 0 Å². The molecule has 0 rings (SSSR count). The summed E-state index contributed by atoms with van der Waals surface area (Å²) in [6.07, 6.45) is -1.82. The van der Waals surface area contributed by atoms with Crippen LogP contribution in [0.15, 0.2) is 0 Å². The number of carboxylic acid groups (broad SMARTS) is 1. The summed E-state index contributed by atoms with van der Waals surface area (Å²) < 4.78 is 0. The molecule has 0 heterocycles. The topological polar surface area (TPSA) is 164 Å². The number of thioether (sulfide) groups is 1. The first kappa shape index (κ1) is 20.9. The van der Waals surface area contributed by atoms with E-state index >= 15 is 0 Å². The minimum atomic E-state index is -1.49. The second-order valence-corrected chi connectivity index (χ2v) is 4.70. The molecule has 8 N–H and O–H groups in total. The summed E-state index contributed by atoms with van der Waals surface area (Å²) in [5, 5.41) is 50.8. The Hall–Kier alpha value is -0.420. The van der Waals surface area contributed by atoms with Crippen molar-refractivity contribution in [2.45, 2.75) is 30.8 Å². The van der Waals surface area contributed by atoms with E-state index in [2.05, 4.69) is 0 Å². The molecular weight excluding hydrogens is 278 g/mol. The zero-order valence-electron chi connectivity index (χ0n) is 10.7. The van der Waals surface area contributed by atoms with E-state index in [0.29, 0.717) is 6.42 Å². The first-order valence-corrected chi connectivity index (χ1v) is 6.94. The molecule has 8 nitrogen and oxygen atoms in total. The summed E-state index contributed by atoms with van der Waals surface area (Å²) in [6.45, 7) is -1.28. The Morgan fingerprint density at radius 2 is 1.58 bits per heavy atom. The number of carboxylic acids is 1. The third-order valence-electron chi connectivity index (χ3n) is 2.11. The Kier molecular flexibility index (Phi) is 13.9. The third kappa shape index (κ3) is 11.1. The second-order valence-electron chi connectivity index (χ2n) is 3.72. The molecule has 0 saturated carbocycles. The molecular formula is C10H23NO7S. The SMILES string of the molecule is CSCCC(N)C(=O)O.OCC(O)C(O)C(O)CO. The average Bonchev–Trinajstić information content (AvgIpc) is 2.42. The summed E-state index contributed by atoms with van der Waals surface area (Å²) in [5.41, 5.74) is 5.19. The zero-order valence-corrected chi connectivity index (χ0v) is 11.5. The number of nitrogens with two attached hydrogens (primary N) is 1. The number of aliphatic hydroxyl groups excluding tert-OH is 5. The van der Waals surface area contributed by atoms with Gasteiger partial charge in [-0.3, -0.25) is 4.79 Å². The molecule has 0 aliphatic rings. The van der Waals surface area contributed by atoms with Crippen LogP contribution in [0.1, 0.15) is 6.42 Å². The predicted molar refractivity (Wildman–Crippen MR) is 70.8 cm³/mol. The van der Waals surface area contributed by atoms with E-state index < -0.39 is 43.5 Å². The van der Waals surface area contributed by atoms with Crippen LogP contribution in [0.4, 0.5) is 0 Å². The molecule has 0 aliphatic carbocycles. The summed E-state index contributed by atoms with van der Waals surface area (Å²) >= 11 is 1.60. The van der Waals surface area contributed by atoms with Crippen LogP contribution >= 0.6 is 11.8 Å². The van der Waals surface area contributed by atoms with Gasteiger partial charge in [-0.15, -0.1) is 0 Å². The van der Waals surface area contributed by atoms with Crippen LogP contribution in [-0.2, 0) is 4.79 Å². The molecule has 0 radical (unpaired) electrons. The molecule has 3 atom stereocenters. The van der Waals surface area contributed by atoms with E-state index in [-0.39, 0.29) is 0 Å². The standard InChI is InChI=1S/C5H11NO2S.C5H12O5/c1-9-3-2-4(6)5(7)8;6-1-3(8)5(10)4(9)2-7/h4H,2-3,6H2,1H3,(H,7,8);3-10H,1-2H2. The van der Waals surface area contributed by atoms with E-state index in [1.807, 2.05) is 6.26 Å². The van der Waals surface area contributed by atoms with Gasteiger partial charge in [-0.2, -0.15) is 11.8 Å². The average molecular weight is 301 g/mol. The number of hydrogen-bond donors (Lipinski definition) is 7. The van der Waals surface area contributed by atoms with Gasteiger partial charge in [0.1, 0.15) is 24.4 Å². The van der Waals surface area contributed by atoms with Gasteiger partial charge >= 0.3 is 5.97 Å². The summed E-state index contributed by atoms with van der Waals surface area (Å²) in [5.74, 6) is -0.1000. The van der Waals surface area contributed by atoms with E-state index in [0.717, 1.165) is 5.75 Å². The summed E-state index contributed by atoms with van der Waals surface area (Å²) in [7, 11) is 0. The highest BCUT2D eigenvalue weighted by molar-refractivity contribution is 7.98. The fourth-order valence-corrected chi connectivity index (χ4v) is 1.33. The minimum absolute atomic E-state index is 0.552. The largest absolute Gasteiger partial charge is 0.480 e. The quantitative estimate of drug-likeness (QED) is 0.251. The van der Waals surface area contributed by atoms with Crippen LogP contribution in [0, 0.1) is 0 Å². The first-order valence-electron chi connectivity index (χ1n) is 5.55. The van der Waals surface area contributed by atoms with Gasteiger partial charge < -0.3 is 36.4 Å². The molecule has 0 aliphatic heterocycles. The lowest BCUT2D eigenvalue weighted by Crippen LogP contribution is -2.41. The molecule has 0 saturated heterocycles. The highest BCUT2D eigenvalue weighted by Crippen LogP contribution is 1.98. The number of carbonyl (C=O) groups is 1. The van der Waals surface area contributed by atoms with Gasteiger partial charge in [0.2, 0.25) is 0 Å². The molecule has 0 aromatic heterocycles. The number of rotatable bonds is 8. The second kappa shape index (κ2) is 12.6. The molecule has 0 spiro atoms. The Labute approximate surface area is 115 Å². The van der Waals surface area contributed by atoms with Crippen molar-refractivity contribution in [3.8, 4) is 0 Å². The van der Waals surface area contributed by atoms with Gasteiger partial charge in [0.15, 0.2) is 0 Å². The minimum Gasteiger partial charge on any atom is -0.480 e. The predicted octanol–water partition coefficient (Wildman–Crippen LogP) is -2.79. The lowest BCUT2D eigenvalue weighted by atomic mass is 10.1. The number of aliphatic carboxylic acids is 1. The normalized spacial score (nSPS) is 16.8. The van der Waals surface area contributed by atoms with Crippen LogP contribution in [0.3, 0.4) is 0 Å². The maximum absolute atomic E-state index is 10.1. The van der Waals surface area contributed by atoms with Crippen LogP contribution < -0.4 is 5.73 Å². The van der Waals surface area contributed by atoms with Gasteiger partial charge in [0.25, 0.3) is 0 Å². The Balaban J connectivity index is 0. The summed E-state index contributed by atoms with van der Waals surface area (Å²) in [4.78, 5) is 10.1. The van der Waals surface area contributed by atoms with Crippen LogP contribution in [-0.4, -0.2) is 86.2 Å². The van der Waals surface area contributed by atoms with Crippen molar-refractivity contribution in [1.29, 1.82) is 0 Å². The van der Waals surface area contributed by atoms with Gasteiger partial charge in [-0.25, -0.2) is 0 Å². The summed E-state index contributed by atoms with van der Waals surface area (Å²) in [6, 6.07) is -0.683.